The van der Waals surface area contributed by atoms with E-state index in [1.54, 1.807) is 0 Å². The van der Waals surface area contributed by atoms with Gasteiger partial charge in [-0.25, -0.2) is 4.99 Å². The maximum Gasteiger partial charge on any atom is 0.147 e. The zero-order valence-electron chi connectivity index (χ0n) is 24.5. The number of fused-ring (bicyclic) bond motifs is 6. The first-order valence-corrected chi connectivity index (χ1v) is 15.7. The van der Waals surface area contributed by atoms with Gasteiger partial charge in [0.15, 0.2) is 0 Å². The Bertz CT molecular complexity index is 1510. The first-order valence-electron chi connectivity index (χ1n) is 14.9. The molecule has 1 saturated carbocycles. The van der Waals surface area contributed by atoms with Crippen molar-refractivity contribution in [3.8, 4) is 0 Å². The molecule has 3 heterocycles. The minimum absolute atomic E-state index is 0.506. The number of nitrogens with one attached hydrogen (secondary N) is 1. The third-order valence-corrected chi connectivity index (χ3v) is 8.73. The van der Waals surface area contributed by atoms with Gasteiger partial charge < -0.3 is 5.32 Å². The Morgan fingerprint density at radius 1 is 1.27 bits per heavy atom. The van der Waals surface area contributed by atoms with Gasteiger partial charge in [0, 0.05) is 24.6 Å². The molecule has 1 aliphatic carbocycles. The van der Waals surface area contributed by atoms with Gasteiger partial charge in [0.05, 0.1) is 17.4 Å². The van der Waals surface area contributed by atoms with E-state index >= 15 is 0 Å². The molecule has 0 spiro atoms. The van der Waals surface area contributed by atoms with Gasteiger partial charge in [0.1, 0.15) is 11.0 Å². The second-order valence-electron chi connectivity index (χ2n) is 11.4. The Hall–Kier alpha value is -3.02. The molecule has 4 nitrogen and oxygen atoms in total. The fourth-order valence-corrected chi connectivity index (χ4v) is 6.41. The van der Waals surface area contributed by atoms with Crippen LogP contribution in [0.2, 0.25) is 0 Å². The molecular weight excluding hydrogens is 544 g/mol. The number of rotatable bonds is 4. The summed E-state index contributed by atoms with van der Waals surface area (Å²) in [4.78, 5) is 9.56. The van der Waals surface area contributed by atoms with Crippen molar-refractivity contribution in [1.29, 1.82) is 0 Å². The van der Waals surface area contributed by atoms with Crippen LogP contribution in [0.15, 0.2) is 100.0 Å². The summed E-state index contributed by atoms with van der Waals surface area (Å²) < 4.78 is 1.85. The minimum Gasteiger partial charge on any atom is -0.384 e. The number of anilines is 1. The number of nitrogens with zero attached hydrogens (tertiary/aromatic N) is 3. The Morgan fingerprint density at radius 3 is 2.93 bits per heavy atom. The van der Waals surface area contributed by atoms with Crippen molar-refractivity contribution in [2.75, 3.05) is 11.9 Å². The van der Waals surface area contributed by atoms with Crippen LogP contribution in [0.4, 0.5) is 5.69 Å². The molecule has 2 atom stereocenters. The molecule has 5 rings (SSSR count). The molecule has 1 aromatic carbocycles. The number of aromatic nitrogens is 1. The van der Waals surface area contributed by atoms with Gasteiger partial charge in [0.25, 0.3) is 0 Å². The van der Waals surface area contributed by atoms with E-state index < -0.39 is 0 Å². The highest BCUT2D eigenvalue weighted by molar-refractivity contribution is 7.78. The van der Waals surface area contributed by atoms with Gasteiger partial charge in [0.2, 0.25) is 0 Å². The van der Waals surface area contributed by atoms with Crippen LogP contribution in [0.5, 0.6) is 0 Å². The number of halogens is 1. The summed E-state index contributed by atoms with van der Waals surface area (Å²) in [7, 11) is 0. The maximum atomic E-state index is 6.54. The Labute approximate surface area is 255 Å². The zero-order valence-corrected chi connectivity index (χ0v) is 26.1. The van der Waals surface area contributed by atoms with Gasteiger partial charge in [-0.05, 0) is 104 Å². The molecule has 0 saturated heterocycles. The lowest BCUT2D eigenvalue weighted by Crippen LogP contribution is -2.25. The summed E-state index contributed by atoms with van der Waals surface area (Å²) in [5.74, 6) is 1.96. The summed E-state index contributed by atoms with van der Waals surface area (Å²) in [6, 6.07) is 8.72. The van der Waals surface area contributed by atoms with Crippen LogP contribution in [0.25, 0.3) is 16.5 Å². The van der Waals surface area contributed by atoms with Crippen molar-refractivity contribution in [2.45, 2.75) is 65.7 Å². The fourth-order valence-electron chi connectivity index (χ4n) is 5.87. The average molecular weight is 585 g/mol. The van der Waals surface area contributed by atoms with Crippen molar-refractivity contribution < 1.29 is 0 Å². The fraction of sp³-hybridized carbons (Fsp3) is 0.371. The van der Waals surface area contributed by atoms with Crippen LogP contribution >= 0.6 is 24.4 Å². The number of allylic oxidation sites excluding steroid dienone is 8. The van der Waals surface area contributed by atoms with E-state index in [1.165, 1.54) is 39.8 Å². The van der Waals surface area contributed by atoms with E-state index in [9.17, 15) is 0 Å². The Balaban J connectivity index is 1.59. The molecule has 0 radical (unpaired) electrons. The van der Waals surface area contributed by atoms with E-state index in [0.717, 1.165) is 67.5 Å². The summed E-state index contributed by atoms with van der Waals surface area (Å²) in [6.45, 7) is 11.8. The number of benzene rings is 1. The molecule has 41 heavy (non-hydrogen) atoms. The van der Waals surface area contributed by atoms with Crippen LogP contribution < -0.4 is 5.32 Å². The van der Waals surface area contributed by atoms with Crippen LogP contribution in [0.3, 0.4) is 0 Å². The number of thiol groups is 1. The monoisotopic (exact) mass is 584 g/mol. The molecule has 1 fully saturated rings. The summed E-state index contributed by atoms with van der Waals surface area (Å²) in [5, 5.41) is 5.19. The SMILES string of the molecule is C=C1/C=C(\C=C/CC)CC2CC2\C(C)=C2/CC(=CN(S)/C2=N/C(Cl)=C/CC)c2ccc3ncc(cc3c2)NCCC1. The highest BCUT2D eigenvalue weighted by atomic mass is 35.5. The number of aliphatic imine (C=N–C) groups is 1. The largest absolute Gasteiger partial charge is 0.384 e. The van der Waals surface area contributed by atoms with Crippen molar-refractivity contribution in [3.63, 3.8) is 0 Å². The quantitative estimate of drug-likeness (QED) is 0.277. The minimum atomic E-state index is 0.506. The Kier molecular flexibility index (Phi) is 9.57. The van der Waals surface area contributed by atoms with Gasteiger partial charge in [-0.2, -0.15) is 0 Å². The van der Waals surface area contributed by atoms with Crippen LogP contribution in [-0.2, 0) is 0 Å². The van der Waals surface area contributed by atoms with Crippen LogP contribution in [-0.4, -0.2) is 21.7 Å². The standard InChI is InChI=1S/C35H41ClN4S/c1-5-7-11-25-15-23(3)10-8-14-37-30-18-28-17-26(12-13-33(28)38-21-30)29-20-32(24(4)31-19-27(31)16-25)35(40(41)22-29)39-34(36)9-6-2/h7,9,11-13,15,17-18,21-22,27,31,37,41H,3,5-6,8,10,14,16,19-20H2,1-2,4H3/b11-7-,25-15+,32-24+,34-9+,39-35+. The number of hydrogen-bond donors (Lipinski definition) is 2. The number of hydrogen-bond acceptors (Lipinski definition) is 4. The molecule has 2 aromatic rings. The zero-order chi connectivity index (χ0) is 28.9. The molecule has 1 aromatic heterocycles. The van der Waals surface area contributed by atoms with Gasteiger partial charge in [-0.3, -0.25) is 9.29 Å². The molecule has 2 unspecified atom stereocenters. The normalized spacial score (nSPS) is 26.4. The predicted molar refractivity (Wildman–Crippen MR) is 180 cm³/mol. The number of pyridine rings is 1. The van der Waals surface area contributed by atoms with E-state index in [2.05, 4.69) is 81.4 Å². The highest BCUT2D eigenvalue weighted by Gasteiger charge is 2.40. The smallest absolute Gasteiger partial charge is 0.147 e. The predicted octanol–water partition coefficient (Wildman–Crippen LogP) is 10.0. The summed E-state index contributed by atoms with van der Waals surface area (Å²) in [6.07, 6.45) is 19.7. The second kappa shape index (κ2) is 13.3. The van der Waals surface area contributed by atoms with Crippen LogP contribution in [0, 0.1) is 11.8 Å². The maximum absolute atomic E-state index is 6.54. The third kappa shape index (κ3) is 7.25. The molecule has 5 bridgehead atoms. The first kappa shape index (κ1) is 29.5. The summed E-state index contributed by atoms with van der Waals surface area (Å²) >= 11 is 11.4. The van der Waals surface area contributed by atoms with E-state index in [-0.39, 0.29) is 0 Å². The summed E-state index contributed by atoms with van der Waals surface area (Å²) in [5.41, 5.74) is 9.59. The lowest BCUT2D eigenvalue weighted by atomic mass is 9.90. The highest BCUT2D eigenvalue weighted by Crippen LogP contribution is 2.50. The third-order valence-electron chi connectivity index (χ3n) is 8.18. The molecule has 1 N–H and O–H groups in total. The molecule has 0 amide bonds. The average Bonchev–Trinajstić information content (AvgIpc) is 3.73. The Morgan fingerprint density at radius 2 is 2.12 bits per heavy atom. The van der Waals surface area contributed by atoms with Crippen molar-refractivity contribution in [2.24, 2.45) is 16.8 Å². The molecular formula is C35H41ClN4S. The van der Waals surface area contributed by atoms with Crippen LogP contribution in [0.1, 0.15) is 71.3 Å². The molecule has 3 aliphatic rings. The van der Waals surface area contributed by atoms with Crippen molar-refractivity contribution >= 4 is 52.4 Å². The molecule has 214 valence electrons. The van der Waals surface area contributed by atoms with Gasteiger partial charge in [-0.1, -0.05) is 80.3 Å². The number of amidine groups is 1. The van der Waals surface area contributed by atoms with Gasteiger partial charge in [-0.15, -0.1) is 0 Å². The van der Waals surface area contributed by atoms with Crippen molar-refractivity contribution in [1.82, 2.24) is 9.29 Å². The lowest BCUT2D eigenvalue weighted by molar-refractivity contribution is 0.754. The topological polar surface area (TPSA) is 40.5 Å². The van der Waals surface area contributed by atoms with Crippen molar-refractivity contribution in [3.05, 3.63) is 101 Å². The molecule has 6 heteroatoms. The molecule has 2 aliphatic heterocycles. The van der Waals surface area contributed by atoms with E-state index in [0.29, 0.717) is 17.0 Å². The van der Waals surface area contributed by atoms with E-state index in [1.807, 2.05) is 16.6 Å². The van der Waals surface area contributed by atoms with Gasteiger partial charge >= 0.3 is 0 Å². The second-order valence-corrected chi connectivity index (χ2v) is 12.2. The first-order chi connectivity index (χ1) is 19.9. The van der Waals surface area contributed by atoms with E-state index in [4.69, 9.17) is 34.4 Å². The lowest BCUT2D eigenvalue weighted by Gasteiger charge is -2.28.